The van der Waals surface area contributed by atoms with Crippen LogP contribution >= 0.6 is 0 Å². The summed E-state index contributed by atoms with van der Waals surface area (Å²) in [6.45, 7) is 7.65. The van der Waals surface area contributed by atoms with Crippen LogP contribution in [0.25, 0.3) is 0 Å². The Labute approximate surface area is 98.6 Å². The summed E-state index contributed by atoms with van der Waals surface area (Å²) >= 11 is 0. The summed E-state index contributed by atoms with van der Waals surface area (Å²) < 4.78 is 0. The third-order valence-corrected chi connectivity index (χ3v) is 3.86. The first-order valence-electron chi connectivity index (χ1n) is 6.62. The molecule has 0 aromatic heterocycles. The summed E-state index contributed by atoms with van der Waals surface area (Å²) in [7, 11) is 0. The fraction of sp³-hybridized carbons (Fsp3) is 0.923. The van der Waals surface area contributed by atoms with E-state index in [4.69, 9.17) is 0 Å². The van der Waals surface area contributed by atoms with Crippen molar-refractivity contribution in [2.75, 3.05) is 19.6 Å². The van der Waals surface area contributed by atoms with E-state index < -0.39 is 0 Å². The highest BCUT2D eigenvalue weighted by Crippen LogP contribution is 2.29. The number of amides is 1. The smallest absolute Gasteiger partial charge is 0.223 e. The van der Waals surface area contributed by atoms with Crippen molar-refractivity contribution < 1.29 is 4.79 Å². The first-order valence-corrected chi connectivity index (χ1v) is 6.62. The molecular weight excluding hydrogens is 200 g/mol. The van der Waals surface area contributed by atoms with Gasteiger partial charge in [-0.1, -0.05) is 6.42 Å². The van der Waals surface area contributed by atoms with Crippen molar-refractivity contribution in [3.63, 3.8) is 0 Å². The van der Waals surface area contributed by atoms with E-state index in [1.54, 1.807) is 0 Å². The number of hydrogen-bond acceptors (Lipinski definition) is 2. The van der Waals surface area contributed by atoms with Crippen LogP contribution in [0.3, 0.4) is 0 Å². The molecular formula is C13H24N2O. The number of nitrogens with one attached hydrogen (secondary N) is 1. The minimum Gasteiger partial charge on any atom is -0.354 e. The summed E-state index contributed by atoms with van der Waals surface area (Å²) in [5.41, 5.74) is 0.116. The van der Waals surface area contributed by atoms with Gasteiger partial charge in [-0.05, 0) is 52.6 Å². The van der Waals surface area contributed by atoms with Gasteiger partial charge in [0.1, 0.15) is 0 Å². The summed E-state index contributed by atoms with van der Waals surface area (Å²) in [5.74, 6) is 0.599. The second-order valence-corrected chi connectivity index (χ2v) is 5.85. The maximum absolute atomic E-state index is 11.6. The molecule has 92 valence electrons. The highest BCUT2D eigenvalue weighted by molar-refractivity contribution is 5.80. The average Bonchev–Trinajstić information content (AvgIpc) is 3.11. The van der Waals surface area contributed by atoms with Crippen molar-refractivity contribution in [1.29, 1.82) is 0 Å². The number of carbonyl (C=O) groups excluding carboxylic acids is 1. The zero-order valence-corrected chi connectivity index (χ0v) is 10.6. The van der Waals surface area contributed by atoms with Crippen molar-refractivity contribution in [3.8, 4) is 0 Å². The second kappa shape index (κ2) is 4.74. The Hall–Kier alpha value is -0.570. The van der Waals surface area contributed by atoms with Gasteiger partial charge in [0.25, 0.3) is 0 Å². The zero-order chi connectivity index (χ0) is 11.6. The summed E-state index contributed by atoms with van der Waals surface area (Å²) in [6.07, 6.45) is 6.16. The van der Waals surface area contributed by atoms with E-state index in [0.717, 1.165) is 19.4 Å². The Morgan fingerprint density at radius 3 is 2.44 bits per heavy atom. The van der Waals surface area contributed by atoms with E-state index in [9.17, 15) is 4.79 Å². The van der Waals surface area contributed by atoms with E-state index in [-0.39, 0.29) is 11.4 Å². The molecule has 2 fully saturated rings. The predicted molar refractivity (Wildman–Crippen MR) is 65.2 cm³/mol. The lowest BCUT2D eigenvalue weighted by atomic mass is 9.98. The Bertz CT molecular complexity index is 253. The Morgan fingerprint density at radius 1 is 1.25 bits per heavy atom. The number of hydrogen-bond donors (Lipinski definition) is 1. The molecule has 1 saturated heterocycles. The molecule has 2 rings (SSSR count). The molecule has 0 spiro atoms. The molecule has 1 aliphatic carbocycles. The largest absolute Gasteiger partial charge is 0.354 e. The van der Waals surface area contributed by atoms with Crippen molar-refractivity contribution in [1.82, 2.24) is 10.2 Å². The lowest BCUT2D eigenvalue weighted by molar-refractivity contribution is -0.122. The molecule has 0 unspecified atom stereocenters. The van der Waals surface area contributed by atoms with Crippen LogP contribution in [0.2, 0.25) is 0 Å². The molecule has 1 aliphatic heterocycles. The van der Waals surface area contributed by atoms with Crippen molar-refractivity contribution >= 4 is 5.91 Å². The first-order chi connectivity index (χ1) is 7.59. The molecule has 1 saturated carbocycles. The molecule has 3 heteroatoms. The van der Waals surface area contributed by atoms with Crippen LogP contribution < -0.4 is 5.32 Å². The van der Waals surface area contributed by atoms with Crippen molar-refractivity contribution in [2.24, 2.45) is 5.92 Å². The monoisotopic (exact) mass is 224 g/mol. The molecule has 1 heterocycles. The molecule has 1 N–H and O–H groups in total. The molecule has 1 amide bonds. The van der Waals surface area contributed by atoms with E-state index in [0.29, 0.717) is 5.92 Å². The molecule has 2 aliphatic rings. The van der Waals surface area contributed by atoms with Crippen LogP contribution in [0.1, 0.15) is 46.0 Å². The number of nitrogens with zero attached hydrogens (tertiary/aromatic N) is 1. The average molecular weight is 224 g/mol. The van der Waals surface area contributed by atoms with Crippen LogP contribution in [-0.4, -0.2) is 36.0 Å². The fourth-order valence-corrected chi connectivity index (χ4v) is 2.40. The molecule has 0 bridgehead atoms. The SMILES string of the molecule is CC(C)(CNC(=O)C1CC1)N1CCCCC1. The summed E-state index contributed by atoms with van der Waals surface area (Å²) in [6, 6.07) is 0. The summed E-state index contributed by atoms with van der Waals surface area (Å²) in [4.78, 5) is 14.1. The van der Waals surface area contributed by atoms with Gasteiger partial charge in [0, 0.05) is 18.0 Å². The molecule has 3 nitrogen and oxygen atoms in total. The standard InChI is InChI=1S/C13H24N2O/c1-13(2,15-8-4-3-5-9-15)10-14-12(16)11-6-7-11/h11H,3-10H2,1-2H3,(H,14,16). The lowest BCUT2D eigenvalue weighted by Gasteiger charge is -2.41. The molecule has 0 aromatic carbocycles. The van der Waals surface area contributed by atoms with E-state index in [2.05, 4.69) is 24.1 Å². The Morgan fingerprint density at radius 2 is 1.88 bits per heavy atom. The maximum Gasteiger partial charge on any atom is 0.223 e. The second-order valence-electron chi connectivity index (χ2n) is 5.85. The number of rotatable bonds is 4. The molecule has 0 aromatic rings. The van der Waals surface area contributed by atoms with Gasteiger partial charge < -0.3 is 5.32 Å². The van der Waals surface area contributed by atoms with Gasteiger partial charge >= 0.3 is 0 Å². The van der Waals surface area contributed by atoms with Gasteiger partial charge in [0.2, 0.25) is 5.91 Å². The van der Waals surface area contributed by atoms with Crippen LogP contribution in [0.5, 0.6) is 0 Å². The van der Waals surface area contributed by atoms with Crippen molar-refractivity contribution in [2.45, 2.75) is 51.5 Å². The maximum atomic E-state index is 11.6. The Kier molecular flexibility index (Phi) is 3.53. The number of piperidine rings is 1. The Balaban J connectivity index is 1.78. The minimum absolute atomic E-state index is 0.116. The molecule has 0 radical (unpaired) electrons. The lowest BCUT2D eigenvalue weighted by Crippen LogP contribution is -2.53. The van der Waals surface area contributed by atoms with Crippen molar-refractivity contribution in [3.05, 3.63) is 0 Å². The topological polar surface area (TPSA) is 32.3 Å². The predicted octanol–water partition coefficient (Wildman–Crippen LogP) is 1.78. The van der Waals surface area contributed by atoms with Crippen LogP contribution in [0.4, 0.5) is 0 Å². The third kappa shape index (κ3) is 2.97. The first kappa shape index (κ1) is 11.9. The van der Waals surface area contributed by atoms with Crippen LogP contribution in [-0.2, 0) is 4.79 Å². The molecule has 0 atom stereocenters. The zero-order valence-electron chi connectivity index (χ0n) is 10.6. The van der Waals surface area contributed by atoms with Gasteiger partial charge in [-0.15, -0.1) is 0 Å². The van der Waals surface area contributed by atoms with E-state index in [1.165, 1.54) is 32.4 Å². The van der Waals surface area contributed by atoms with E-state index in [1.807, 2.05) is 0 Å². The summed E-state index contributed by atoms with van der Waals surface area (Å²) in [5, 5.41) is 3.10. The number of carbonyl (C=O) groups is 1. The van der Waals surface area contributed by atoms with Gasteiger partial charge in [0.05, 0.1) is 0 Å². The normalized spacial score (nSPS) is 23.1. The van der Waals surface area contributed by atoms with E-state index >= 15 is 0 Å². The van der Waals surface area contributed by atoms with Gasteiger partial charge in [0.15, 0.2) is 0 Å². The van der Waals surface area contributed by atoms with Crippen LogP contribution in [0.15, 0.2) is 0 Å². The number of likely N-dealkylation sites (tertiary alicyclic amines) is 1. The van der Waals surface area contributed by atoms with Gasteiger partial charge in [-0.3, -0.25) is 9.69 Å². The van der Waals surface area contributed by atoms with Gasteiger partial charge in [-0.2, -0.15) is 0 Å². The molecule has 16 heavy (non-hydrogen) atoms. The fourth-order valence-electron chi connectivity index (χ4n) is 2.40. The van der Waals surface area contributed by atoms with Gasteiger partial charge in [-0.25, -0.2) is 0 Å². The third-order valence-electron chi connectivity index (χ3n) is 3.86. The highest BCUT2D eigenvalue weighted by Gasteiger charge is 2.32. The quantitative estimate of drug-likeness (QED) is 0.789. The minimum atomic E-state index is 0.116. The van der Waals surface area contributed by atoms with Crippen LogP contribution in [0, 0.1) is 5.92 Å². The highest BCUT2D eigenvalue weighted by atomic mass is 16.2.